The van der Waals surface area contributed by atoms with Crippen LogP contribution in [0.25, 0.3) is 0 Å². The van der Waals surface area contributed by atoms with Gasteiger partial charge in [0.15, 0.2) is 0 Å². The number of ether oxygens (including phenoxy) is 1. The van der Waals surface area contributed by atoms with Crippen molar-refractivity contribution in [2.24, 2.45) is 0 Å². The molecule has 0 bridgehead atoms. The van der Waals surface area contributed by atoms with Gasteiger partial charge in [0.1, 0.15) is 5.75 Å². The third-order valence-electron chi connectivity index (χ3n) is 2.60. The number of aryl methyl sites for hydroxylation is 1. The van der Waals surface area contributed by atoms with Crippen molar-refractivity contribution in [3.8, 4) is 5.75 Å². The second kappa shape index (κ2) is 4.89. The van der Waals surface area contributed by atoms with Gasteiger partial charge in [-0.15, -0.1) is 0 Å². The average Bonchev–Trinajstić information content (AvgIpc) is 2.39. The smallest absolute Gasteiger partial charge is 0.119 e. The van der Waals surface area contributed by atoms with Crippen molar-refractivity contribution in [2.45, 2.75) is 6.92 Å². The third-order valence-corrected chi connectivity index (χ3v) is 2.60. The van der Waals surface area contributed by atoms with E-state index in [1.807, 2.05) is 43.3 Å². The molecule has 88 valence electrons. The molecule has 0 heterocycles. The summed E-state index contributed by atoms with van der Waals surface area (Å²) in [5, 5.41) is 11.2. The quantitative estimate of drug-likeness (QED) is 0.817. The van der Waals surface area contributed by atoms with Crippen LogP contribution >= 0.6 is 0 Å². The molecule has 0 saturated carbocycles. The largest absolute Gasteiger partial charge is 0.497 e. The van der Waals surface area contributed by atoms with E-state index in [0.717, 1.165) is 22.1 Å². The van der Waals surface area contributed by atoms with Crippen LogP contribution in [0.2, 0.25) is 0 Å². The maximum Gasteiger partial charge on any atom is 0.119 e. The molecule has 0 amide bonds. The van der Waals surface area contributed by atoms with Gasteiger partial charge in [-0.2, -0.15) is 0 Å². The van der Waals surface area contributed by atoms with Crippen molar-refractivity contribution >= 4 is 11.4 Å². The van der Waals surface area contributed by atoms with E-state index in [1.54, 1.807) is 19.2 Å². The number of nitrogens with zero attached hydrogens (tertiary/aromatic N) is 1. The molecule has 0 atom stereocenters. The van der Waals surface area contributed by atoms with Gasteiger partial charge < -0.3 is 4.74 Å². The monoisotopic (exact) mass is 229 g/mol. The summed E-state index contributed by atoms with van der Waals surface area (Å²) in [5.41, 5.74) is 2.60. The highest BCUT2D eigenvalue weighted by Gasteiger charge is 2.05. The van der Waals surface area contributed by atoms with Gasteiger partial charge >= 0.3 is 0 Å². The lowest BCUT2D eigenvalue weighted by Crippen LogP contribution is -2.10. The molecule has 3 heteroatoms. The van der Waals surface area contributed by atoms with Crippen molar-refractivity contribution in [1.82, 2.24) is 0 Å². The van der Waals surface area contributed by atoms with Crippen LogP contribution in [0.15, 0.2) is 48.5 Å². The average molecular weight is 229 g/mol. The molecule has 0 radical (unpaired) electrons. The Labute approximate surface area is 101 Å². The van der Waals surface area contributed by atoms with Crippen molar-refractivity contribution in [3.63, 3.8) is 0 Å². The molecule has 0 saturated heterocycles. The van der Waals surface area contributed by atoms with Gasteiger partial charge in [0, 0.05) is 0 Å². The fourth-order valence-electron chi connectivity index (χ4n) is 1.56. The number of anilines is 2. The summed E-state index contributed by atoms with van der Waals surface area (Å²) in [5.74, 6) is 0.769. The molecule has 0 aromatic heterocycles. The van der Waals surface area contributed by atoms with Gasteiger partial charge in [0.2, 0.25) is 0 Å². The molecule has 0 fully saturated rings. The lowest BCUT2D eigenvalue weighted by molar-refractivity contribution is 0.301. The molecule has 2 aromatic carbocycles. The topological polar surface area (TPSA) is 32.7 Å². The fourth-order valence-corrected chi connectivity index (χ4v) is 1.56. The Bertz CT molecular complexity index is 477. The van der Waals surface area contributed by atoms with E-state index >= 15 is 0 Å². The first-order valence-electron chi connectivity index (χ1n) is 5.40. The first-order valence-corrected chi connectivity index (χ1v) is 5.40. The molecule has 0 aliphatic rings. The molecule has 0 aliphatic carbocycles. The fraction of sp³-hybridized carbons (Fsp3) is 0.143. The van der Waals surface area contributed by atoms with Crippen LogP contribution in [0.3, 0.4) is 0 Å². The van der Waals surface area contributed by atoms with Crippen molar-refractivity contribution < 1.29 is 9.94 Å². The highest BCUT2D eigenvalue weighted by atomic mass is 16.5. The van der Waals surface area contributed by atoms with Crippen LogP contribution in [0.1, 0.15) is 5.56 Å². The first kappa shape index (κ1) is 11.5. The Morgan fingerprint density at radius 2 is 1.35 bits per heavy atom. The lowest BCUT2D eigenvalue weighted by atomic mass is 10.2. The Morgan fingerprint density at radius 3 is 1.82 bits per heavy atom. The van der Waals surface area contributed by atoms with Crippen LogP contribution in [-0.2, 0) is 0 Å². The Kier molecular flexibility index (Phi) is 3.30. The highest BCUT2D eigenvalue weighted by Crippen LogP contribution is 2.25. The van der Waals surface area contributed by atoms with E-state index in [1.165, 1.54) is 0 Å². The summed E-state index contributed by atoms with van der Waals surface area (Å²) >= 11 is 0. The summed E-state index contributed by atoms with van der Waals surface area (Å²) < 4.78 is 5.07. The minimum absolute atomic E-state index is 0.703. The summed E-state index contributed by atoms with van der Waals surface area (Å²) in [6.07, 6.45) is 0. The van der Waals surface area contributed by atoms with Crippen molar-refractivity contribution in [3.05, 3.63) is 54.1 Å². The summed E-state index contributed by atoms with van der Waals surface area (Å²) in [4.78, 5) is 0. The number of methoxy groups -OCH3 is 1. The second-order valence-electron chi connectivity index (χ2n) is 3.85. The summed E-state index contributed by atoms with van der Waals surface area (Å²) in [7, 11) is 1.62. The van der Waals surface area contributed by atoms with Crippen LogP contribution in [0.5, 0.6) is 5.75 Å². The number of benzene rings is 2. The molecule has 0 unspecified atom stereocenters. The minimum atomic E-state index is 0.703. The SMILES string of the molecule is COc1ccc(N(O)c2ccc(C)cc2)cc1. The lowest BCUT2D eigenvalue weighted by Gasteiger charge is -2.17. The predicted molar refractivity (Wildman–Crippen MR) is 68.1 cm³/mol. The van der Waals surface area contributed by atoms with Crippen LogP contribution < -0.4 is 9.80 Å². The standard InChI is InChI=1S/C14H15NO2/c1-11-3-5-12(6-4-11)15(16)13-7-9-14(17-2)10-8-13/h3-10,16H,1-2H3. The van der Waals surface area contributed by atoms with Crippen LogP contribution in [0, 0.1) is 6.92 Å². The van der Waals surface area contributed by atoms with Crippen LogP contribution in [0.4, 0.5) is 11.4 Å². The molecule has 0 spiro atoms. The first-order chi connectivity index (χ1) is 8.20. The minimum Gasteiger partial charge on any atom is -0.497 e. The number of rotatable bonds is 3. The Morgan fingerprint density at radius 1 is 0.882 bits per heavy atom. The summed E-state index contributed by atoms with van der Waals surface area (Å²) in [6.45, 7) is 2.01. The molecule has 17 heavy (non-hydrogen) atoms. The zero-order chi connectivity index (χ0) is 12.3. The van der Waals surface area contributed by atoms with E-state index in [2.05, 4.69) is 0 Å². The van der Waals surface area contributed by atoms with E-state index in [4.69, 9.17) is 4.74 Å². The van der Waals surface area contributed by atoms with Crippen molar-refractivity contribution in [2.75, 3.05) is 12.2 Å². The zero-order valence-corrected chi connectivity index (χ0v) is 9.92. The van der Waals surface area contributed by atoms with Gasteiger partial charge in [-0.05, 0) is 43.3 Å². The molecule has 3 nitrogen and oxygen atoms in total. The second-order valence-corrected chi connectivity index (χ2v) is 3.85. The summed E-state index contributed by atoms with van der Waals surface area (Å²) in [6, 6.07) is 14.9. The van der Waals surface area contributed by atoms with Gasteiger partial charge in [-0.1, -0.05) is 17.7 Å². The highest BCUT2D eigenvalue weighted by molar-refractivity contribution is 5.60. The molecular formula is C14H15NO2. The number of hydrogen-bond donors (Lipinski definition) is 1. The molecule has 2 rings (SSSR count). The van der Waals surface area contributed by atoms with Gasteiger partial charge in [-0.25, -0.2) is 5.06 Å². The van der Waals surface area contributed by atoms with E-state index < -0.39 is 0 Å². The maximum absolute atomic E-state index is 10.0. The van der Waals surface area contributed by atoms with Crippen molar-refractivity contribution in [1.29, 1.82) is 0 Å². The normalized spacial score (nSPS) is 10.1. The van der Waals surface area contributed by atoms with E-state index in [-0.39, 0.29) is 0 Å². The number of hydrogen-bond acceptors (Lipinski definition) is 3. The van der Waals surface area contributed by atoms with E-state index in [9.17, 15) is 5.21 Å². The Balaban J connectivity index is 2.23. The van der Waals surface area contributed by atoms with Gasteiger partial charge in [0.25, 0.3) is 0 Å². The van der Waals surface area contributed by atoms with Gasteiger partial charge in [-0.3, -0.25) is 5.21 Å². The molecule has 2 aromatic rings. The Hall–Kier alpha value is -2.00. The third kappa shape index (κ3) is 2.57. The molecule has 0 aliphatic heterocycles. The predicted octanol–water partition coefficient (Wildman–Crippen LogP) is 3.53. The maximum atomic E-state index is 10.0. The van der Waals surface area contributed by atoms with Crippen LogP contribution in [-0.4, -0.2) is 12.3 Å². The van der Waals surface area contributed by atoms with Gasteiger partial charge in [0.05, 0.1) is 18.5 Å². The molecule has 1 N–H and O–H groups in total. The molecular weight excluding hydrogens is 214 g/mol. The van der Waals surface area contributed by atoms with E-state index in [0.29, 0.717) is 5.69 Å². The zero-order valence-electron chi connectivity index (χ0n) is 9.92.